The lowest BCUT2D eigenvalue weighted by atomic mass is 9.95. The van der Waals surface area contributed by atoms with Gasteiger partial charge in [0, 0.05) is 5.56 Å². The number of benzene rings is 2. The lowest BCUT2D eigenvalue weighted by Crippen LogP contribution is -2.19. The summed E-state index contributed by atoms with van der Waals surface area (Å²) in [5.74, 6) is -0.359. The molecule has 0 amide bonds. The Labute approximate surface area is 118 Å². The molecule has 0 bridgehead atoms. The summed E-state index contributed by atoms with van der Waals surface area (Å²) in [6.45, 7) is 4.08. The van der Waals surface area contributed by atoms with Gasteiger partial charge in [0.1, 0.15) is 5.82 Å². The first kappa shape index (κ1) is 14.0. The molecule has 2 aromatic carbocycles. The third-order valence-electron chi connectivity index (χ3n) is 3.16. The number of halogens is 2. The minimum atomic E-state index is -0.359. The lowest BCUT2D eigenvalue weighted by molar-refractivity contribution is 0.576. The average Bonchev–Trinajstić information content (AvgIpc) is 2.34. The van der Waals surface area contributed by atoms with Crippen molar-refractivity contribution in [3.63, 3.8) is 0 Å². The molecule has 0 fully saturated rings. The summed E-state index contributed by atoms with van der Waals surface area (Å²) in [4.78, 5) is 0. The molecule has 1 unspecified atom stereocenters. The Morgan fingerprint density at radius 3 is 2.32 bits per heavy atom. The van der Waals surface area contributed by atoms with Crippen molar-refractivity contribution in [2.75, 3.05) is 7.05 Å². The van der Waals surface area contributed by atoms with E-state index in [4.69, 9.17) is 11.6 Å². The molecule has 19 heavy (non-hydrogen) atoms. The van der Waals surface area contributed by atoms with Crippen molar-refractivity contribution in [2.45, 2.75) is 19.9 Å². The van der Waals surface area contributed by atoms with Gasteiger partial charge in [0.2, 0.25) is 0 Å². The molecule has 1 nitrogen and oxygen atoms in total. The second kappa shape index (κ2) is 5.72. The number of hydrogen-bond acceptors (Lipinski definition) is 1. The molecule has 0 heterocycles. The number of rotatable bonds is 3. The van der Waals surface area contributed by atoms with Gasteiger partial charge in [-0.05, 0) is 32.5 Å². The third-order valence-corrected chi connectivity index (χ3v) is 3.45. The summed E-state index contributed by atoms with van der Waals surface area (Å²) in [7, 11) is 1.82. The first-order chi connectivity index (χ1) is 9.02. The van der Waals surface area contributed by atoms with Crippen LogP contribution in [0.3, 0.4) is 0 Å². The van der Waals surface area contributed by atoms with E-state index in [1.54, 1.807) is 18.2 Å². The zero-order valence-corrected chi connectivity index (χ0v) is 12.1. The van der Waals surface area contributed by atoms with Gasteiger partial charge in [-0.2, -0.15) is 0 Å². The van der Waals surface area contributed by atoms with Crippen LogP contribution >= 0.6 is 11.6 Å². The van der Waals surface area contributed by atoms with Crippen molar-refractivity contribution in [3.05, 3.63) is 69.5 Å². The Morgan fingerprint density at radius 2 is 1.74 bits per heavy atom. The van der Waals surface area contributed by atoms with E-state index in [1.165, 1.54) is 0 Å². The minimum Gasteiger partial charge on any atom is -0.309 e. The SMILES string of the molecule is CNC(c1cc(C)cc(C)c1)c1cccc(Cl)c1F. The zero-order chi connectivity index (χ0) is 14.0. The molecule has 0 radical (unpaired) electrons. The monoisotopic (exact) mass is 277 g/mol. The van der Waals surface area contributed by atoms with Crippen LogP contribution in [-0.2, 0) is 0 Å². The quantitative estimate of drug-likeness (QED) is 0.876. The summed E-state index contributed by atoms with van der Waals surface area (Å²) >= 11 is 5.86. The van der Waals surface area contributed by atoms with E-state index in [0.717, 1.165) is 16.7 Å². The van der Waals surface area contributed by atoms with Gasteiger partial charge in [-0.1, -0.05) is 53.1 Å². The summed E-state index contributed by atoms with van der Waals surface area (Å²) in [6, 6.07) is 11.1. The molecule has 0 aliphatic rings. The standard InChI is InChI=1S/C16H17ClFN/c1-10-7-11(2)9-12(8-10)16(19-3)13-5-4-6-14(17)15(13)18/h4-9,16,19H,1-3H3. The maximum Gasteiger partial charge on any atom is 0.146 e. The van der Waals surface area contributed by atoms with Crippen molar-refractivity contribution in [2.24, 2.45) is 0 Å². The van der Waals surface area contributed by atoms with Gasteiger partial charge in [-0.3, -0.25) is 0 Å². The zero-order valence-electron chi connectivity index (χ0n) is 11.3. The molecule has 1 N–H and O–H groups in total. The second-order valence-electron chi connectivity index (χ2n) is 4.79. The Hall–Kier alpha value is -1.38. The van der Waals surface area contributed by atoms with Crippen molar-refractivity contribution >= 4 is 11.6 Å². The van der Waals surface area contributed by atoms with Crippen LogP contribution in [0.15, 0.2) is 36.4 Å². The first-order valence-electron chi connectivity index (χ1n) is 6.22. The predicted octanol–water partition coefficient (Wildman–Crippen LogP) is 4.40. The highest BCUT2D eigenvalue weighted by atomic mass is 35.5. The van der Waals surface area contributed by atoms with E-state index in [2.05, 4.69) is 23.5 Å². The molecular weight excluding hydrogens is 261 g/mol. The molecule has 2 aromatic rings. The normalized spacial score (nSPS) is 12.5. The van der Waals surface area contributed by atoms with Crippen LogP contribution < -0.4 is 5.32 Å². The maximum absolute atomic E-state index is 14.2. The molecule has 0 aliphatic carbocycles. The highest BCUT2D eigenvalue weighted by Gasteiger charge is 2.18. The molecule has 3 heteroatoms. The molecule has 0 saturated carbocycles. The molecule has 0 aliphatic heterocycles. The largest absolute Gasteiger partial charge is 0.309 e. The number of aryl methyl sites for hydroxylation is 2. The average molecular weight is 278 g/mol. The predicted molar refractivity (Wildman–Crippen MR) is 78.2 cm³/mol. The van der Waals surface area contributed by atoms with Crippen LogP contribution in [0.25, 0.3) is 0 Å². The molecule has 0 saturated heterocycles. The molecule has 2 rings (SSSR count). The van der Waals surface area contributed by atoms with E-state index in [9.17, 15) is 4.39 Å². The van der Waals surface area contributed by atoms with Crippen molar-refractivity contribution in [1.82, 2.24) is 5.32 Å². The van der Waals surface area contributed by atoms with Gasteiger partial charge >= 0.3 is 0 Å². The van der Waals surface area contributed by atoms with E-state index >= 15 is 0 Å². The Balaban J connectivity index is 2.53. The van der Waals surface area contributed by atoms with Crippen LogP contribution in [0.4, 0.5) is 4.39 Å². The molecule has 0 spiro atoms. The van der Waals surface area contributed by atoms with Gasteiger partial charge in [0.15, 0.2) is 0 Å². The van der Waals surface area contributed by atoms with Crippen molar-refractivity contribution in [3.8, 4) is 0 Å². The van der Waals surface area contributed by atoms with E-state index in [-0.39, 0.29) is 16.9 Å². The Morgan fingerprint density at radius 1 is 1.11 bits per heavy atom. The number of nitrogens with one attached hydrogen (secondary N) is 1. The molecular formula is C16H17ClFN. The lowest BCUT2D eigenvalue weighted by Gasteiger charge is -2.19. The summed E-state index contributed by atoms with van der Waals surface area (Å²) in [6.07, 6.45) is 0. The highest BCUT2D eigenvalue weighted by molar-refractivity contribution is 6.30. The van der Waals surface area contributed by atoms with E-state index < -0.39 is 0 Å². The van der Waals surface area contributed by atoms with Gasteiger partial charge in [0.05, 0.1) is 11.1 Å². The highest BCUT2D eigenvalue weighted by Crippen LogP contribution is 2.28. The fraction of sp³-hybridized carbons (Fsp3) is 0.250. The molecule has 1 atom stereocenters. The summed E-state index contributed by atoms with van der Waals surface area (Å²) in [5, 5.41) is 3.31. The summed E-state index contributed by atoms with van der Waals surface area (Å²) < 4.78 is 14.2. The molecule has 100 valence electrons. The first-order valence-corrected chi connectivity index (χ1v) is 6.60. The van der Waals surface area contributed by atoms with Crippen LogP contribution in [0.1, 0.15) is 28.3 Å². The Kier molecular flexibility index (Phi) is 4.23. The van der Waals surface area contributed by atoms with Gasteiger partial charge in [0.25, 0.3) is 0 Å². The Bertz CT molecular complexity index is 575. The fourth-order valence-corrected chi connectivity index (χ4v) is 2.60. The minimum absolute atomic E-state index is 0.155. The van der Waals surface area contributed by atoms with Gasteiger partial charge in [-0.15, -0.1) is 0 Å². The smallest absolute Gasteiger partial charge is 0.146 e. The third kappa shape index (κ3) is 2.96. The van der Waals surface area contributed by atoms with E-state index in [0.29, 0.717) is 5.56 Å². The molecule has 0 aromatic heterocycles. The topological polar surface area (TPSA) is 12.0 Å². The van der Waals surface area contributed by atoms with Gasteiger partial charge in [-0.25, -0.2) is 4.39 Å². The summed E-state index contributed by atoms with van der Waals surface area (Å²) in [5.41, 5.74) is 3.94. The van der Waals surface area contributed by atoms with Crippen molar-refractivity contribution in [1.29, 1.82) is 0 Å². The fourth-order valence-electron chi connectivity index (χ4n) is 2.42. The van der Waals surface area contributed by atoms with Crippen LogP contribution in [-0.4, -0.2) is 7.05 Å². The van der Waals surface area contributed by atoms with Crippen LogP contribution in [0.5, 0.6) is 0 Å². The van der Waals surface area contributed by atoms with E-state index in [1.807, 2.05) is 20.9 Å². The van der Waals surface area contributed by atoms with Gasteiger partial charge < -0.3 is 5.32 Å². The number of hydrogen-bond donors (Lipinski definition) is 1. The maximum atomic E-state index is 14.2. The second-order valence-corrected chi connectivity index (χ2v) is 5.19. The van der Waals surface area contributed by atoms with Crippen LogP contribution in [0, 0.1) is 19.7 Å². The van der Waals surface area contributed by atoms with Crippen molar-refractivity contribution < 1.29 is 4.39 Å². The van der Waals surface area contributed by atoms with Crippen LogP contribution in [0.2, 0.25) is 5.02 Å².